The first-order valence-corrected chi connectivity index (χ1v) is 8.52. The third-order valence-corrected chi connectivity index (χ3v) is 3.60. The van der Waals surface area contributed by atoms with E-state index in [9.17, 15) is 9.59 Å². The van der Waals surface area contributed by atoms with Crippen molar-refractivity contribution in [2.75, 3.05) is 11.9 Å². The van der Waals surface area contributed by atoms with Crippen LogP contribution in [-0.4, -0.2) is 23.6 Å². The number of carbonyl (C=O) groups excluding carboxylic acids is 2. The van der Waals surface area contributed by atoms with E-state index in [1.54, 1.807) is 37.3 Å². The highest BCUT2D eigenvalue weighted by atomic mass is 32.1. The predicted octanol–water partition coefficient (Wildman–Crippen LogP) is 3.70. The molecule has 0 saturated carbocycles. The molecule has 0 aliphatic carbocycles. The van der Waals surface area contributed by atoms with Gasteiger partial charge in [-0.3, -0.25) is 10.1 Å². The summed E-state index contributed by atoms with van der Waals surface area (Å²) in [6.07, 6.45) is 3.13. The summed E-state index contributed by atoms with van der Waals surface area (Å²) in [5.41, 5.74) is 3.20. The molecular formula is C20H20N2O3S. The Hall–Kier alpha value is -2.99. The molecule has 0 radical (unpaired) electrons. The standard InChI is InChI=1S/C20H20N2O3S/c1-3-25-19(24)16-9-11-17(12-10-16)21-20(26)22-18(23)13-8-15-6-4-14(2)5-7-15/h4-13H,3H2,1-2H3,(H2,21,22,23,26). The van der Waals surface area contributed by atoms with Gasteiger partial charge in [0.15, 0.2) is 5.11 Å². The fourth-order valence-electron chi connectivity index (χ4n) is 2.07. The van der Waals surface area contributed by atoms with Crippen molar-refractivity contribution in [1.29, 1.82) is 0 Å². The number of hydrogen-bond acceptors (Lipinski definition) is 4. The van der Waals surface area contributed by atoms with E-state index >= 15 is 0 Å². The molecule has 2 aromatic rings. The van der Waals surface area contributed by atoms with Gasteiger partial charge < -0.3 is 10.1 Å². The molecule has 0 aliphatic heterocycles. The van der Waals surface area contributed by atoms with Crippen LogP contribution in [-0.2, 0) is 9.53 Å². The Balaban J connectivity index is 1.86. The van der Waals surface area contributed by atoms with Crippen LogP contribution in [0, 0.1) is 6.92 Å². The number of hydrogen-bond donors (Lipinski definition) is 2. The number of ether oxygens (including phenoxy) is 1. The molecule has 2 rings (SSSR count). The van der Waals surface area contributed by atoms with E-state index in [1.165, 1.54) is 6.08 Å². The van der Waals surface area contributed by atoms with Gasteiger partial charge in [0.25, 0.3) is 0 Å². The largest absolute Gasteiger partial charge is 0.462 e. The first-order valence-electron chi connectivity index (χ1n) is 8.12. The zero-order valence-corrected chi connectivity index (χ0v) is 15.4. The van der Waals surface area contributed by atoms with Crippen molar-refractivity contribution < 1.29 is 14.3 Å². The number of benzene rings is 2. The molecule has 0 aromatic heterocycles. The van der Waals surface area contributed by atoms with E-state index in [0.717, 1.165) is 11.1 Å². The molecule has 0 aliphatic rings. The summed E-state index contributed by atoms with van der Waals surface area (Å²) in [7, 11) is 0. The molecule has 2 N–H and O–H groups in total. The second kappa shape index (κ2) is 9.48. The predicted molar refractivity (Wildman–Crippen MR) is 107 cm³/mol. The van der Waals surface area contributed by atoms with Gasteiger partial charge in [0.1, 0.15) is 0 Å². The number of aryl methyl sites for hydroxylation is 1. The second-order valence-electron chi connectivity index (χ2n) is 5.49. The maximum absolute atomic E-state index is 11.9. The number of carbonyl (C=O) groups is 2. The molecule has 0 spiro atoms. The van der Waals surface area contributed by atoms with Gasteiger partial charge in [-0.15, -0.1) is 0 Å². The first-order chi connectivity index (χ1) is 12.5. The molecule has 5 nitrogen and oxygen atoms in total. The quantitative estimate of drug-likeness (QED) is 0.479. The molecule has 0 heterocycles. The highest BCUT2D eigenvalue weighted by Crippen LogP contribution is 2.10. The van der Waals surface area contributed by atoms with Crippen LogP contribution < -0.4 is 10.6 Å². The molecule has 2 aromatic carbocycles. The third-order valence-electron chi connectivity index (χ3n) is 3.40. The molecule has 134 valence electrons. The van der Waals surface area contributed by atoms with Crippen molar-refractivity contribution >= 4 is 41.0 Å². The number of rotatable bonds is 5. The van der Waals surface area contributed by atoms with Crippen LogP contribution in [0.1, 0.15) is 28.4 Å². The monoisotopic (exact) mass is 368 g/mol. The number of amides is 1. The molecule has 0 unspecified atom stereocenters. The second-order valence-corrected chi connectivity index (χ2v) is 5.89. The number of nitrogens with one attached hydrogen (secondary N) is 2. The van der Waals surface area contributed by atoms with Crippen molar-refractivity contribution in [1.82, 2.24) is 5.32 Å². The summed E-state index contributed by atoms with van der Waals surface area (Å²) in [6, 6.07) is 14.4. The smallest absolute Gasteiger partial charge is 0.338 e. The zero-order valence-electron chi connectivity index (χ0n) is 14.6. The summed E-state index contributed by atoms with van der Waals surface area (Å²) in [6.45, 7) is 4.08. The maximum Gasteiger partial charge on any atom is 0.338 e. The van der Waals surface area contributed by atoms with Gasteiger partial charge in [0.2, 0.25) is 5.91 Å². The number of thiocarbonyl (C=S) groups is 1. The molecule has 0 fully saturated rings. The lowest BCUT2D eigenvalue weighted by Gasteiger charge is -2.09. The van der Waals surface area contributed by atoms with E-state index in [2.05, 4.69) is 10.6 Å². The molecule has 0 atom stereocenters. The zero-order chi connectivity index (χ0) is 18.9. The maximum atomic E-state index is 11.9. The van der Waals surface area contributed by atoms with Crippen LogP contribution >= 0.6 is 12.2 Å². The van der Waals surface area contributed by atoms with Crippen molar-refractivity contribution in [2.45, 2.75) is 13.8 Å². The van der Waals surface area contributed by atoms with Crippen LogP contribution in [0.3, 0.4) is 0 Å². The summed E-state index contributed by atoms with van der Waals surface area (Å²) in [5, 5.41) is 5.63. The Morgan fingerprint density at radius 3 is 2.35 bits per heavy atom. The fraction of sp³-hybridized carbons (Fsp3) is 0.150. The minimum Gasteiger partial charge on any atom is -0.462 e. The number of esters is 1. The van der Waals surface area contributed by atoms with Crippen LogP contribution in [0.4, 0.5) is 5.69 Å². The minimum absolute atomic E-state index is 0.174. The van der Waals surface area contributed by atoms with Crippen molar-refractivity contribution in [2.24, 2.45) is 0 Å². The lowest BCUT2D eigenvalue weighted by molar-refractivity contribution is -0.115. The van der Waals surface area contributed by atoms with Gasteiger partial charge in [-0.2, -0.15) is 0 Å². The van der Waals surface area contributed by atoms with E-state index in [1.807, 2.05) is 31.2 Å². The summed E-state index contributed by atoms with van der Waals surface area (Å²) in [4.78, 5) is 23.5. The van der Waals surface area contributed by atoms with Gasteiger partial charge in [-0.05, 0) is 62.0 Å². The van der Waals surface area contributed by atoms with Crippen LogP contribution in [0.25, 0.3) is 6.08 Å². The van der Waals surface area contributed by atoms with Crippen LogP contribution in [0.5, 0.6) is 0 Å². The van der Waals surface area contributed by atoms with Gasteiger partial charge in [-0.25, -0.2) is 4.79 Å². The van der Waals surface area contributed by atoms with E-state index in [-0.39, 0.29) is 17.0 Å². The summed E-state index contributed by atoms with van der Waals surface area (Å²) >= 11 is 5.12. The Bertz CT molecular complexity index is 812. The first kappa shape index (κ1) is 19.3. The van der Waals surface area contributed by atoms with Crippen LogP contribution in [0.2, 0.25) is 0 Å². The summed E-state index contributed by atoms with van der Waals surface area (Å²) < 4.78 is 4.92. The lowest BCUT2D eigenvalue weighted by atomic mass is 10.1. The SMILES string of the molecule is CCOC(=O)c1ccc(NC(=S)NC(=O)C=Cc2ccc(C)cc2)cc1. The minimum atomic E-state index is -0.379. The fourth-order valence-corrected chi connectivity index (χ4v) is 2.29. The average molecular weight is 368 g/mol. The Morgan fingerprint density at radius 1 is 1.08 bits per heavy atom. The van der Waals surface area contributed by atoms with Gasteiger partial charge in [0.05, 0.1) is 12.2 Å². The topological polar surface area (TPSA) is 67.4 Å². The summed E-state index contributed by atoms with van der Waals surface area (Å²) in [5.74, 6) is -0.706. The highest BCUT2D eigenvalue weighted by molar-refractivity contribution is 7.80. The van der Waals surface area contributed by atoms with E-state index in [4.69, 9.17) is 17.0 Å². The highest BCUT2D eigenvalue weighted by Gasteiger charge is 2.06. The molecule has 26 heavy (non-hydrogen) atoms. The lowest BCUT2D eigenvalue weighted by Crippen LogP contribution is -2.32. The average Bonchev–Trinajstić information content (AvgIpc) is 2.62. The van der Waals surface area contributed by atoms with Crippen molar-refractivity contribution in [3.8, 4) is 0 Å². The van der Waals surface area contributed by atoms with Crippen molar-refractivity contribution in [3.63, 3.8) is 0 Å². The van der Waals surface area contributed by atoms with Gasteiger partial charge in [-0.1, -0.05) is 29.8 Å². The van der Waals surface area contributed by atoms with E-state index < -0.39 is 0 Å². The molecule has 0 bridgehead atoms. The molecular weight excluding hydrogens is 348 g/mol. The molecule has 6 heteroatoms. The van der Waals surface area contributed by atoms with Crippen molar-refractivity contribution in [3.05, 3.63) is 71.3 Å². The Morgan fingerprint density at radius 2 is 1.73 bits per heavy atom. The van der Waals surface area contributed by atoms with Gasteiger partial charge >= 0.3 is 5.97 Å². The Labute approximate surface area is 158 Å². The molecule has 0 saturated heterocycles. The Kier molecular flexibility index (Phi) is 7.05. The van der Waals surface area contributed by atoms with E-state index in [0.29, 0.717) is 17.9 Å². The molecule has 1 amide bonds. The van der Waals surface area contributed by atoms with Gasteiger partial charge in [0, 0.05) is 11.8 Å². The normalized spacial score (nSPS) is 10.4. The third kappa shape index (κ3) is 6.14. The van der Waals surface area contributed by atoms with Crippen LogP contribution in [0.15, 0.2) is 54.6 Å². The number of anilines is 1.